The topological polar surface area (TPSA) is 30.2 Å². The molecule has 0 unspecified atom stereocenters. The van der Waals surface area contributed by atoms with Gasteiger partial charge in [0.15, 0.2) is 0 Å². The summed E-state index contributed by atoms with van der Waals surface area (Å²) in [4.78, 5) is 8.65. The second-order valence-corrected chi connectivity index (χ2v) is 9.31. The molecule has 4 aromatic carbocycles. The van der Waals surface area contributed by atoms with Crippen molar-refractivity contribution in [2.24, 2.45) is 0 Å². The van der Waals surface area contributed by atoms with Gasteiger partial charge in [0.1, 0.15) is 0 Å². The van der Waals surface area contributed by atoms with Gasteiger partial charge in [0.2, 0.25) is 0 Å². The first-order chi connectivity index (χ1) is 21.6. The maximum absolute atomic E-state index is 7.28. The molecule has 195 valence electrons. The summed E-state index contributed by atoms with van der Waals surface area (Å²) in [5.41, 5.74) is 7.27. The van der Waals surface area contributed by atoms with Crippen LogP contribution in [0.1, 0.15) is 19.4 Å². The zero-order valence-electron chi connectivity index (χ0n) is 27.1. The van der Waals surface area contributed by atoms with E-state index in [1.807, 2.05) is 24.4 Å². The minimum absolute atomic E-state index is 0. The molecule has 0 aliphatic carbocycles. The van der Waals surface area contributed by atoms with Crippen molar-refractivity contribution in [3.63, 3.8) is 0 Å². The van der Waals surface area contributed by atoms with E-state index in [0.29, 0.717) is 11.3 Å². The van der Waals surface area contributed by atoms with Crippen molar-refractivity contribution >= 4 is 38.1 Å². The van der Waals surface area contributed by atoms with Crippen LogP contribution in [0.25, 0.3) is 60.6 Å². The second kappa shape index (κ2) is 10.7. The normalized spacial score (nSPS) is 13.9. The van der Waals surface area contributed by atoms with E-state index in [0.717, 1.165) is 11.3 Å². The maximum Gasteiger partial charge on any atom is 0.0516 e. The fourth-order valence-corrected chi connectivity index (χ4v) is 5.25. The molecule has 4 heterocycles. The van der Waals surface area contributed by atoms with E-state index < -0.39 is 13.7 Å². The third-order valence-corrected chi connectivity index (χ3v) is 6.95. The number of hydrogen-bond acceptors (Lipinski definition) is 2. The van der Waals surface area contributed by atoms with Crippen molar-refractivity contribution in [3.05, 3.63) is 139 Å². The van der Waals surface area contributed by atoms with Gasteiger partial charge in [-0.3, -0.25) is 0 Å². The molecule has 0 amide bonds. The zero-order chi connectivity index (χ0) is 31.3. The Kier molecular flexibility index (Phi) is 5.23. The number of nitrogens with zero attached hydrogens (tertiary/aromatic N) is 3. The molecule has 4 heteroatoms. The van der Waals surface area contributed by atoms with Gasteiger partial charge >= 0.3 is 0 Å². The molecule has 0 aliphatic rings. The van der Waals surface area contributed by atoms with Crippen molar-refractivity contribution in [2.75, 3.05) is 0 Å². The number of rotatable bonds is 2. The predicted octanol–water partition coefficient (Wildman–Crippen LogP) is 8.86. The average Bonchev–Trinajstić information content (AvgIpc) is 3.57. The van der Waals surface area contributed by atoms with E-state index in [1.165, 1.54) is 62.5 Å². The summed E-state index contributed by atoms with van der Waals surface area (Å²) in [5.74, 6) is 0. The van der Waals surface area contributed by atoms with E-state index in [-0.39, 0.29) is 31.2 Å². The third kappa shape index (κ3) is 4.36. The Morgan fingerprint density at radius 1 is 0.650 bits per heavy atom. The molecule has 3 nitrogen and oxygen atoms in total. The molecule has 4 aromatic heterocycles. The van der Waals surface area contributed by atoms with Crippen molar-refractivity contribution in [2.45, 2.75) is 13.7 Å². The predicted molar refractivity (Wildman–Crippen MR) is 161 cm³/mol. The van der Waals surface area contributed by atoms with Crippen molar-refractivity contribution < 1.29 is 28.3 Å². The molecule has 0 spiro atoms. The molecule has 0 aliphatic heterocycles. The summed E-state index contributed by atoms with van der Waals surface area (Å²) in [6.45, 7) is -4.34. The second-order valence-electron chi connectivity index (χ2n) is 9.31. The zero-order valence-corrected chi connectivity index (χ0v) is 23.5. The summed E-state index contributed by atoms with van der Waals surface area (Å²) < 4.78 is 46.0. The van der Waals surface area contributed by atoms with E-state index in [4.69, 9.17) is 8.22 Å². The van der Waals surface area contributed by atoms with E-state index >= 15 is 0 Å². The minimum Gasteiger partial charge on any atom is -0.350 e. The first-order valence-corrected chi connectivity index (χ1v) is 12.6. The Balaban J connectivity index is 0.000000163. The molecular weight excluding hydrogens is 667 g/mol. The van der Waals surface area contributed by atoms with E-state index in [9.17, 15) is 0 Å². The Hall–Kier alpha value is -4.37. The fraction of sp³-hybridized carbons (Fsp3) is 0.0556. The Morgan fingerprint density at radius 2 is 1.43 bits per heavy atom. The SMILES string of the molecule is [2H]C([2H])([2H])c1c[c-]c(-c2ccc(C([2H])([2H])[2H])cn2)cc1.[Ir].[c-]1ccc2c3cccc4c5ccccc5n(c2c1-c1ccccn1)c43. The van der Waals surface area contributed by atoms with Crippen molar-refractivity contribution in [1.82, 2.24) is 14.4 Å². The Morgan fingerprint density at radius 3 is 2.17 bits per heavy atom. The Labute approximate surface area is 255 Å². The van der Waals surface area contributed by atoms with Gasteiger partial charge in [0.25, 0.3) is 0 Å². The van der Waals surface area contributed by atoms with Crippen LogP contribution in [0, 0.1) is 25.8 Å². The van der Waals surface area contributed by atoms with Gasteiger partial charge in [-0.2, -0.15) is 0 Å². The number of hydrogen-bond donors (Lipinski definition) is 0. The molecule has 0 atom stereocenters. The van der Waals surface area contributed by atoms with Crippen LogP contribution < -0.4 is 0 Å². The summed E-state index contributed by atoms with van der Waals surface area (Å²) in [6.07, 6.45) is 3.14. The molecule has 1 radical (unpaired) electrons. The number of aryl methyl sites for hydroxylation is 2. The molecule has 0 saturated carbocycles. The molecular formula is C36H25IrN3-2. The minimum atomic E-state index is -2.18. The van der Waals surface area contributed by atoms with Crippen molar-refractivity contribution in [3.8, 4) is 22.5 Å². The first kappa shape index (κ1) is 19.7. The van der Waals surface area contributed by atoms with Gasteiger partial charge in [0, 0.05) is 57.0 Å². The van der Waals surface area contributed by atoms with Gasteiger partial charge in [-0.05, 0) is 46.8 Å². The maximum atomic E-state index is 7.28. The summed E-state index contributed by atoms with van der Waals surface area (Å²) in [5, 5.41) is 5.14. The smallest absolute Gasteiger partial charge is 0.0516 e. The molecule has 8 rings (SSSR count). The van der Waals surface area contributed by atoms with Gasteiger partial charge in [-0.25, -0.2) is 0 Å². The molecule has 0 saturated heterocycles. The summed E-state index contributed by atoms with van der Waals surface area (Å²) in [6, 6.07) is 39.3. The number of aromatic nitrogens is 3. The van der Waals surface area contributed by atoms with Crippen LogP contribution in [0.15, 0.2) is 116 Å². The largest absolute Gasteiger partial charge is 0.350 e. The molecule has 0 N–H and O–H groups in total. The van der Waals surface area contributed by atoms with Crippen LogP contribution >= 0.6 is 0 Å². The standard InChI is InChI=1S/C23H13N2.C13H12N.Ir/c1-2-13-21-15(7-1)16-8-5-9-17-18-10-6-11-19(20-12-3-4-14-24-20)23(18)25(21)22(16)17;1-10-3-6-12(7-4-10)13-8-5-11(2)9-14-13;/h1-10,12-14H;3-6,8-9H,1-2H3;/q2*-1;/i;1D3,2D3;. The Bertz CT molecular complexity index is 2220. The van der Waals surface area contributed by atoms with Gasteiger partial charge in [-0.1, -0.05) is 72.9 Å². The number of benzene rings is 4. The monoisotopic (exact) mass is 698 g/mol. The first-order valence-electron chi connectivity index (χ1n) is 15.6. The van der Waals surface area contributed by atoms with Gasteiger partial charge in [-0.15, -0.1) is 59.2 Å². The van der Waals surface area contributed by atoms with Gasteiger partial charge < -0.3 is 14.4 Å². The van der Waals surface area contributed by atoms with Crippen LogP contribution in [0.2, 0.25) is 0 Å². The van der Waals surface area contributed by atoms with Gasteiger partial charge in [0.05, 0.1) is 5.52 Å². The van der Waals surface area contributed by atoms with E-state index in [1.54, 1.807) is 12.1 Å². The van der Waals surface area contributed by atoms with Crippen LogP contribution in [-0.2, 0) is 20.1 Å². The molecule has 8 aromatic rings. The quantitative estimate of drug-likeness (QED) is 0.169. The number of para-hydroxylation sites is 2. The fourth-order valence-electron chi connectivity index (χ4n) is 5.25. The van der Waals surface area contributed by atoms with Crippen LogP contribution in [0.4, 0.5) is 0 Å². The number of pyridine rings is 2. The van der Waals surface area contributed by atoms with Crippen LogP contribution in [0.3, 0.4) is 0 Å². The molecule has 0 fully saturated rings. The van der Waals surface area contributed by atoms with Crippen LogP contribution in [-0.4, -0.2) is 14.4 Å². The molecule has 40 heavy (non-hydrogen) atoms. The molecule has 0 bridgehead atoms. The van der Waals surface area contributed by atoms with Crippen LogP contribution in [0.5, 0.6) is 0 Å². The third-order valence-electron chi connectivity index (χ3n) is 6.95. The van der Waals surface area contributed by atoms with Crippen molar-refractivity contribution in [1.29, 1.82) is 0 Å². The van der Waals surface area contributed by atoms with E-state index in [2.05, 4.69) is 81.1 Å². The number of fused-ring (bicyclic) bond motifs is 6. The summed E-state index contributed by atoms with van der Waals surface area (Å²) in [7, 11) is 0. The summed E-state index contributed by atoms with van der Waals surface area (Å²) >= 11 is 0. The average molecular weight is 698 g/mol.